The zero-order chi connectivity index (χ0) is 15.0. The third-order valence-electron chi connectivity index (χ3n) is 3.29. The number of benzene rings is 2. The molecule has 2 aromatic rings. The van der Waals surface area contributed by atoms with Crippen molar-refractivity contribution in [2.24, 2.45) is 5.73 Å². The summed E-state index contributed by atoms with van der Waals surface area (Å²) in [6, 6.07) is 9.36. The molecule has 2 atom stereocenters. The Morgan fingerprint density at radius 1 is 1.14 bits per heavy atom. The maximum Gasteiger partial charge on any atom is 0.242 e. The van der Waals surface area contributed by atoms with E-state index in [0.29, 0.717) is 5.69 Å². The normalized spacial score (nSPS) is 21.4. The molecule has 1 aliphatic rings. The van der Waals surface area contributed by atoms with Crippen molar-refractivity contribution < 1.29 is 13.6 Å². The molecule has 6 heteroatoms. The Morgan fingerprint density at radius 2 is 1.90 bits per heavy atom. The minimum absolute atomic E-state index is 0.0966. The molecule has 0 fully saturated rings. The molecule has 0 radical (unpaired) electrons. The lowest BCUT2D eigenvalue weighted by atomic mass is 10.0. The molecule has 1 aliphatic heterocycles. The quantitative estimate of drug-likeness (QED) is 0.851. The number of amides is 1. The van der Waals surface area contributed by atoms with Crippen LogP contribution in [0.5, 0.6) is 0 Å². The Kier molecular flexibility index (Phi) is 3.65. The van der Waals surface area contributed by atoms with E-state index < -0.39 is 28.8 Å². The number of rotatable bonds is 1. The number of nitrogens with two attached hydrogens (primary N) is 1. The molecule has 3 nitrogen and oxygen atoms in total. The average molecular weight is 306 g/mol. The number of carbonyl (C=O) groups excluding carboxylic acids is 1. The number of halogens is 2. The monoisotopic (exact) mass is 306 g/mol. The van der Waals surface area contributed by atoms with Gasteiger partial charge < -0.3 is 11.1 Å². The van der Waals surface area contributed by atoms with Gasteiger partial charge >= 0.3 is 0 Å². The van der Waals surface area contributed by atoms with Crippen molar-refractivity contribution in [2.75, 3.05) is 5.32 Å². The molecular weight excluding hydrogens is 294 g/mol. The lowest BCUT2D eigenvalue weighted by Gasteiger charge is -2.20. The Balaban J connectivity index is 2.09. The highest BCUT2D eigenvalue weighted by Crippen LogP contribution is 2.43. The van der Waals surface area contributed by atoms with Gasteiger partial charge in [0.15, 0.2) is 0 Å². The first-order valence-electron chi connectivity index (χ1n) is 6.33. The highest BCUT2D eigenvalue weighted by atomic mass is 32.2. The summed E-state index contributed by atoms with van der Waals surface area (Å²) in [5.74, 6) is -1.55. The molecular formula is C15H12F2N2OS. The fraction of sp³-hybridized carbons (Fsp3) is 0.133. The molecule has 0 saturated carbocycles. The second-order valence-corrected chi connectivity index (χ2v) is 5.90. The van der Waals surface area contributed by atoms with Crippen LogP contribution in [0, 0.1) is 11.6 Å². The third kappa shape index (κ3) is 2.64. The maximum atomic E-state index is 14.0. The third-order valence-corrected chi connectivity index (χ3v) is 4.70. The van der Waals surface area contributed by atoms with Crippen molar-refractivity contribution in [1.82, 2.24) is 0 Å². The van der Waals surface area contributed by atoms with E-state index in [4.69, 9.17) is 5.73 Å². The Bertz CT molecular complexity index is 708. The number of hydrogen-bond acceptors (Lipinski definition) is 3. The largest absolute Gasteiger partial charge is 0.324 e. The smallest absolute Gasteiger partial charge is 0.242 e. The summed E-state index contributed by atoms with van der Waals surface area (Å²) in [4.78, 5) is 12.9. The van der Waals surface area contributed by atoms with Crippen LogP contribution in [-0.2, 0) is 4.79 Å². The lowest BCUT2D eigenvalue weighted by molar-refractivity contribution is -0.117. The van der Waals surface area contributed by atoms with Gasteiger partial charge in [0.2, 0.25) is 5.91 Å². The van der Waals surface area contributed by atoms with E-state index >= 15 is 0 Å². The SMILES string of the molecule is NC1C(=O)Nc2ccccc2SC1c1cc(F)ccc1F. The number of nitrogens with one attached hydrogen (secondary N) is 1. The van der Waals surface area contributed by atoms with E-state index in [0.717, 1.165) is 23.1 Å². The molecule has 2 unspecified atom stereocenters. The second kappa shape index (κ2) is 5.46. The number of fused-ring (bicyclic) bond motifs is 1. The minimum atomic E-state index is -0.973. The standard InChI is InChI=1S/C15H12F2N2OS/c16-8-5-6-10(17)9(7-8)14-13(18)15(20)19-11-3-1-2-4-12(11)21-14/h1-7,13-14H,18H2,(H,19,20). The Hall–Kier alpha value is -1.92. The molecule has 0 bridgehead atoms. The summed E-state index contributed by atoms with van der Waals surface area (Å²) in [7, 11) is 0. The summed E-state index contributed by atoms with van der Waals surface area (Å²) in [6.07, 6.45) is 0. The number of thioether (sulfide) groups is 1. The van der Waals surface area contributed by atoms with Gasteiger partial charge in [-0.1, -0.05) is 12.1 Å². The van der Waals surface area contributed by atoms with E-state index in [-0.39, 0.29) is 5.56 Å². The zero-order valence-electron chi connectivity index (χ0n) is 10.8. The van der Waals surface area contributed by atoms with Gasteiger partial charge in [-0.2, -0.15) is 0 Å². The van der Waals surface area contributed by atoms with Crippen molar-refractivity contribution in [3.05, 3.63) is 59.7 Å². The van der Waals surface area contributed by atoms with Gasteiger partial charge in [-0.05, 0) is 30.3 Å². The van der Waals surface area contributed by atoms with Crippen LogP contribution < -0.4 is 11.1 Å². The Labute approximate surface area is 124 Å². The molecule has 1 heterocycles. The predicted octanol–water partition coefficient (Wildman–Crippen LogP) is 3.08. The van der Waals surface area contributed by atoms with Crippen LogP contribution in [0.25, 0.3) is 0 Å². The summed E-state index contributed by atoms with van der Waals surface area (Å²) in [5, 5.41) is 2.01. The van der Waals surface area contributed by atoms with E-state index in [1.54, 1.807) is 12.1 Å². The van der Waals surface area contributed by atoms with Crippen molar-refractivity contribution in [2.45, 2.75) is 16.2 Å². The average Bonchev–Trinajstić information content (AvgIpc) is 2.59. The predicted molar refractivity (Wildman–Crippen MR) is 78.0 cm³/mol. The first-order valence-corrected chi connectivity index (χ1v) is 7.21. The van der Waals surface area contributed by atoms with Crippen molar-refractivity contribution in [1.29, 1.82) is 0 Å². The van der Waals surface area contributed by atoms with Gasteiger partial charge in [0, 0.05) is 10.5 Å². The van der Waals surface area contributed by atoms with Gasteiger partial charge in [-0.3, -0.25) is 4.79 Å². The highest BCUT2D eigenvalue weighted by molar-refractivity contribution is 7.99. The number of anilines is 1. The van der Waals surface area contributed by atoms with Gasteiger partial charge in [-0.25, -0.2) is 8.78 Å². The van der Waals surface area contributed by atoms with Gasteiger partial charge in [0.1, 0.15) is 17.7 Å². The number of carbonyl (C=O) groups is 1. The van der Waals surface area contributed by atoms with Gasteiger partial charge in [0.25, 0.3) is 0 Å². The van der Waals surface area contributed by atoms with E-state index in [9.17, 15) is 13.6 Å². The van der Waals surface area contributed by atoms with Crippen LogP contribution in [0.2, 0.25) is 0 Å². The first-order chi connectivity index (χ1) is 10.1. The molecule has 2 aromatic carbocycles. The summed E-state index contributed by atoms with van der Waals surface area (Å²) in [5.41, 5.74) is 6.65. The molecule has 0 spiro atoms. The van der Waals surface area contributed by atoms with Crippen molar-refractivity contribution >= 4 is 23.4 Å². The van der Waals surface area contributed by atoms with Crippen LogP contribution in [0.1, 0.15) is 10.8 Å². The van der Waals surface area contributed by atoms with Crippen LogP contribution in [-0.4, -0.2) is 11.9 Å². The highest BCUT2D eigenvalue weighted by Gasteiger charge is 2.33. The molecule has 0 saturated heterocycles. The topological polar surface area (TPSA) is 55.1 Å². The Morgan fingerprint density at radius 3 is 2.71 bits per heavy atom. The van der Waals surface area contributed by atoms with Crippen LogP contribution in [0.4, 0.5) is 14.5 Å². The van der Waals surface area contributed by atoms with Gasteiger partial charge in [-0.15, -0.1) is 11.8 Å². The summed E-state index contributed by atoms with van der Waals surface area (Å²) in [6.45, 7) is 0. The zero-order valence-corrected chi connectivity index (χ0v) is 11.7. The molecule has 108 valence electrons. The molecule has 3 N–H and O–H groups in total. The minimum Gasteiger partial charge on any atom is -0.324 e. The molecule has 21 heavy (non-hydrogen) atoms. The number of hydrogen-bond donors (Lipinski definition) is 2. The van der Waals surface area contributed by atoms with Gasteiger partial charge in [0.05, 0.1) is 10.9 Å². The second-order valence-electron chi connectivity index (χ2n) is 4.72. The van der Waals surface area contributed by atoms with Crippen molar-refractivity contribution in [3.8, 4) is 0 Å². The van der Waals surface area contributed by atoms with Crippen molar-refractivity contribution in [3.63, 3.8) is 0 Å². The fourth-order valence-corrected chi connectivity index (χ4v) is 3.48. The number of para-hydroxylation sites is 1. The van der Waals surface area contributed by atoms with Crippen LogP contribution >= 0.6 is 11.8 Å². The maximum absolute atomic E-state index is 14.0. The fourth-order valence-electron chi connectivity index (χ4n) is 2.23. The molecule has 3 rings (SSSR count). The van der Waals surface area contributed by atoms with E-state index in [2.05, 4.69) is 5.32 Å². The van der Waals surface area contributed by atoms with E-state index in [1.165, 1.54) is 11.8 Å². The van der Waals surface area contributed by atoms with E-state index in [1.807, 2.05) is 12.1 Å². The molecule has 0 aliphatic carbocycles. The molecule has 0 aromatic heterocycles. The first kappa shape index (κ1) is 14.0. The molecule has 1 amide bonds. The summed E-state index contributed by atoms with van der Waals surface area (Å²) < 4.78 is 27.4. The van der Waals surface area contributed by atoms with Crippen LogP contribution in [0.3, 0.4) is 0 Å². The lowest BCUT2D eigenvalue weighted by Crippen LogP contribution is -2.38. The summed E-state index contributed by atoms with van der Waals surface area (Å²) >= 11 is 1.25. The van der Waals surface area contributed by atoms with Crippen LogP contribution in [0.15, 0.2) is 47.4 Å².